The summed E-state index contributed by atoms with van der Waals surface area (Å²) in [6.45, 7) is 3.73. The van der Waals surface area contributed by atoms with Crippen LogP contribution >= 0.6 is 28.1 Å². The highest BCUT2D eigenvalue weighted by Gasteiger charge is 2.34. The molecule has 1 aliphatic rings. The van der Waals surface area contributed by atoms with Gasteiger partial charge in [0.2, 0.25) is 0 Å². The van der Waals surface area contributed by atoms with Crippen LogP contribution in [0.2, 0.25) is 0 Å². The van der Waals surface area contributed by atoms with Crippen molar-refractivity contribution in [1.82, 2.24) is 14.4 Å². The van der Waals surface area contributed by atoms with Crippen LogP contribution in [0.25, 0.3) is 17.0 Å². The van der Waals surface area contributed by atoms with Crippen molar-refractivity contribution in [1.29, 1.82) is 0 Å². The number of fused-ring (bicyclic) bond motifs is 1. The van der Waals surface area contributed by atoms with Crippen molar-refractivity contribution in [3.05, 3.63) is 70.5 Å². The van der Waals surface area contributed by atoms with E-state index in [1.165, 1.54) is 0 Å². The van der Waals surface area contributed by atoms with Gasteiger partial charge in [-0.15, -0.1) is 0 Å². The second-order valence-electron chi connectivity index (χ2n) is 7.02. The summed E-state index contributed by atoms with van der Waals surface area (Å²) in [5.41, 5.74) is 2.65. The molecule has 0 atom stereocenters. The van der Waals surface area contributed by atoms with Gasteiger partial charge in [0.1, 0.15) is 18.1 Å². The third kappa shape index (κ3) is 3.87. The second kappa shape index (κ2) is 8.62. The molecule has 4 rings (SSSR count). The van der Waals surface area contributed by atoms with E-state index in [-0.39, 0.29) is 5.91 Å². The maximum absolute atomic E-state index is 12.8. The summed E-state index contributed by atoms with van der Waals surface area (Å²) in [4.78, 5) is 16.2. The lowest BCUT2D eigenvalue weighted by Gasteiger charge is -2.13. The zero-order chi connectivity index (χ0) is 21.3. The molecule has 2 heterocycles. The summed E-state index contributed by atoms with van der Waals surface area (Å²) in [6.07, 6.45) is 3.99. The Morgan fingerprint density at radius 1 is 1.17 bits per heavy atom. The van der Waals surface area contributed by atoms with Crippen LogP contribution in [0.1, 0.15) is 12.5 Å². The number of amides is 1. The number of halogens is 1. The van der Waals surface area contributed by atoms with Crippen molar-refractivity contribution in [2.45, 2.75) is 13.5 Å². The molecule has 1 aromatic heterocycles. The van der Waals surface area contributed by atoms with Gasteiger partial charge in [0.15, 0.2) is 5.11 Å². The number of hydrogen-bond donors (Lipinski definition) is 0. The van der Waals surface area contributed by atoms with E-state index < -0.39 is 0 Å². The summed E-state index contributed by atoms with van der Waals surface area (Å²) >= 11 is 8.98. The van der Waals surface area contributed by atoms with Crippen LogP contribution in [-0.2, 0) is 11.3 Å². The van der Waals surface area contributed by atoms with Gasteiger partial charge in [0.25, 0.3) is 5.91 Å². The van der Waals surface area contributed by atoms with E-state index >= 15 is 0 Å². The summed E-state index contributed by atoms with van der Waals surface area (Å²) in [6, 6.07) is 16.0. The molecular weight excluding hydrogens is 462 g/mol. The summed E-state index contributed by atoms with van der Waals surface area (Å²) in [5, 5.41) is 1.61. The first-order valence-electron chi connectivity index (χ1n) is 9.77. The molecule has 0 aliphatic carbocycles. The Morgan fingerprint density at radius 2 is 1.93 bits per heavy atom. The molecule has 154 valence electrons. The van der Waals surface area contributed by atoms with Crippen molar-refractivity contribution >= 4 is 56.1 Å². The summed E-state index contributed by atoms with van der Waals surface area (Å²) in [7, 11) is 1.84. The van der Waals surface area contributed by atoms with Crippen LogP contribution in [0.3, 0.4) is 0 Å². The molecule has 1 saturated heterocycles. The van der Waals surface area contributed by atoms with E-state index in [1.54, 1.807) is 9.80 Å². The minimum atomic E-state index is -0.0618. The number of benzene rings is 2. The standard InChI is InChI=1S/C23H22BrN3O2S/c1-3-27-22(28)21(25(2)23(27)30)13-16-15-26(20-10-9-17(24)14-19(16)20)11-12-29-18-7-5-4-6-8-18/h4-10,13-15H,3,11-12H2,1-2H3/b21-13-. The third-order valence-corrected chi connectivity index (χ3v) is 6.16. The molecule has 7 heteroatoms. The van der Waals surface area contributed by atoms with Gasteiger partial charge in [0, 0.05) is 40.7 Å². The largest absolute Gasteiger partial charge is 0.492 e. The third-order valence-electron chi connectivity index (χ3n) is 5.17. The molecule has 1 fully saturated rings. The molecule has 0 spiro atoms. The minimum Gasteiger partial charge on any atom is -0.492 e. The maximum Gasteiger partial charge on any atom is 0.276 e. The fourth-order valence-corrected chi connectivity index (χ4v) is 4.28. The first-order valence-corrected chi connectivity index (χ1v) is 11.0. The fraction of sp³-hybridized carbons (Fsp3) is 0.217. The van der Waals surface area contributed by atoms with Gasteiger partial charge >= 0.3 is 0 Å². The average Bonchev–Trinajstić information content (AvgIpc) is 3.18. The number of rotatable bonds is 6. The monoisotopic (exact) mass is 483 g/mol. The molecule has 5 nitrogen and oxygen atoms in total. The Labute approximate surface area is 189 Å². The molecule has 0 unspecified atom stereocenters. The van der Waals surface area contributed by atoms with Gasteiger partial charge < -0.3 is 14.2 Å². The minimum absolute atomic E-state index is 0.0618. The molecule has 30 heavy (non-hydrogen) atoms. The van der Waals surface area contributed by atoms with E-state index in [1.807, 2.05) is 56.4 Å². The molecule has 2 aromatic carbocycles. The van der Waals surface area contributed by atoms with Crippen molar-refractivity contribution in [2.75, 3.05) is 20.2 Å². The zero-order valence-electron chi connectivity index (χ0n) is 16.8. The highest BCUT2D eigenvalue weighted by Crippen LogP contribution is 2.29. The van der Waals surface area contributed by atoms with Gasteiger partial charge in [-0.05, 0) is 55.5 Å². The number of carbonyl (C=O) groups excluding carboxylic acids is 1. The summed E-state index contributed by atoms with van der Waals surface area (Å²) < 4.78 is 9.02. The normalized spacial score (nSPS) is 15.6. The number of ether oxygens (including phenoxy) is 1. The molecule has 3 aromatic rings. The Kier molecular flexibility index (Phi) is 5.92. The Morgan fingerprint density at radius 3 is 2.63 bits per heavy atom. The SMILES string of the molecule is CCN1C(=O)/C(=C/c2cn(CCOc3ccccc3)c3ccc(Br)cc23)N(C)C1=S. The number of hydrogen-bond acceptors (Lipinski definition) is 3. The lowest BCUT2D eigenvalue weighted by molar-refractivity contribution is -0.122. The molecule has 0 saturated carbocycles. The number of likely N-dealkylation sites (N-methyl/N-ethyl adjacent to an activating group) is 2. The van der Waals surface area contributed by atoms with Gasteiger partial charge in [-0.2, -0.15) is 0 Å². The number of carbonyl (C=O) groups is 1. The Hall–Kier alpha value is -2.64. The lowest BCUT2D eigenvalue weighted by atomic mass is 10.1. The van der Waals surface area contributed by atoms with Crippen LogP contribution in [0.15, 0.2) is 64.9 Å². The van der Waals surface area contributed by atoms with E-state index in [0.29, 0.717) is 30.5 Å². The molecule has 0 N–H and O–H groups in total. The van der Waals surface area contributed by atoms with Gasteiger partial charge in [0.05, 0.1) is 6.54 Å². The van der Waals surface area contributed by atoms with Crippen LogP contribution in [0.5, 0.6) is 5.75 Å². The van der Waals surface area contributed by atoms with Crippen molar-refractivity contribution < 1.29 is 9.53 Å². The van der Waals surface area contributed by atoms with Crippen LogP contribution < -0.4 is 4.74 Å². The topological polar surface area (TPSA) is 37.7 Å². The Balaban J connectivity index is 1.66. The van der Waals surface area contributed by atoms with E-state index in [2.05, 4.69) is 38.8 Å². The van der Waals surface area contributed by atoms with Crippen LogP contribution in [-0.4, -0.2) is 45.6 Å². The maximum atomic E-state index is 12.8. The molecule has 1 amide bonds. The summed E-state index contributed by atoms with van der Waals surface area (Å²) in [5.74, 6) is 0.790. The molecular formula is C23H22BrN3O2S. The highest BCUT2D eigenvalue weighted by molar-refractivity contribution is 9.10. The van der Waals surface area contributed by atoms with Crippen molar-refractivity contribution in [2.24, 2.45) is 0 Å². The lowest BCUT2D eigenvalue weighted by Crippen LogP contribution is -2.30. The van der Waals surface area contributed by atoms with Crippen molar-refractivity contribution in [3.8, 4) is 5.75 Å². The predicted molar refractivity (Wildman–Crippen MR) is 127 cm³/mol. The zero-order valence-corrected chi connectivity index (χ0v) is 19.2. The van der Waals surface area contributed by atoms with Crippen LogP contribution in [0, 0.1) is 0 Å². The number of thiocarbonyl (C=S) groups is 1. The highest BCUT2D eigenvalue weighted by atomic mass is 79.9. The molecule has 1 aliphatic heterocycles. The first-order chi connectivity index (χ1) is 14.5. The predicted octanol–water partition coefficient (Wildman–Crippen LogP) is 4.90. The van der Waals surface area contributed by atoms with E-state index in [9.17, 15) is 4.79 Å². The smallest absolute Gasteiger partial charge is 0.276 e. The number of para-hydroxylation sites is 1. The fourth-order valence-electron chi connectivity index (χ4n) is 3.61. The van der Waals surface area contributed by atoms with Gasteiger partial charge in [-0.25, -0.2) is 0 Å². The average molecular weight is 484 g/mol. The van der Waals surface area contributed by atoms with Gasteiger partial charge in [-0.3, -0.25) is 9.69 Å². The van der Waals surface area contributed by atoms with E-state index in [0.717, 1.165) is 26.7 Å². The first kappa shape index (κ1) is 20.6. The Bertz CT molecular complexity index is 1140. The van der Waals surface area contributed by atoms with Gasteiger partial charge in [-0.1, -0.05) is 34.1 Å². The van der Waals surface area contributed by atoms with Crippen LogP contribution in [0.4, 0.5) is 0 Å². The van der Waals surface area contributed by atoms with E-state index in [4.69, 9.17) is 17.0 Å². The second-order valence-corrected chi connectivity index (χ2v) is 8.30. The number of nitrogens with zero attached hydrogens (tertiary/aromatic N) is 3. The number of aromatic nitrogens is 1. The quantitative estimate of drug-likeness (QED) is 0.369. The molecule has 0 radical (unpaired) electrons. The molecule has 0 bridgehead atoms. The van der Waals surface area contributed by atoms with Crippen molar-refractivity contribution in [3.63, 3.8) is 0 Å².